The molecule has 0 saturated heterocycles. The first-order valence-electron chi connectivity index (χ1n) is 7.34. The topological polar surface area (TPSA) is 54.1 Å². The van der Waals surface area contributed by atoms with E-state index in [-0.39, 0.29) is 5.97 Å². The van der Waals surface area contributed by atoms with Crippen molar-refractivity contribution >= 4 is 22.6 Å². The van der Waals surface area contributed by atoms with E-state index in [4.69, 9.17) is 4.74 Å². The number of para-hydroxylation sites is 2. The molecule has 0 radical (unpaired) electrons. The van der Waals surface area contributed by atoms with Gasteiger partial charge in [0.25, 0.3) is 0 Å². The van der Waals surface area contributed by atoms with Gasteiger partial charge in [0.1, 0.15) is 0 Å². The lowest BCUT2D eigenvalue weighted by Gasteiger charge is -2.18. The predicted molar refractivity (Wildman–Crippen MR) is 87.7 cm³/mol. The molecule has 4 heteroatoms. The minimum Gasteiger partial charge on any atom is -0.464 e. The van der Waals surface area contributed by atoms with Gasteiger partial charge in [0, 0.05) is 28.4 Å². The van der Waals surface area contributed by atoms with E-state index in [1.807, 2.05) is 67.7 Å². The van der Waals surface area contributed by atoms with Crippen LogP contribution in [0.2, 0.25) is 0 Å². The van der Waals surface area contributed by atoms with Crippen molar-refractivity contribution in [3.8, 4) is 0 Å². The molecule has 0 aliphatic rings. The number of rotatable bonds is 5. The first-order chi connectivity index (χ1) is 10.8. The normalized spacial score (nSPS) is 12.0. The maximum atomic E-state index is 12.4. The Morgan fingerprint density at radius 3 is 2.64 bits per heavy atom. The monoisotopic (exact) mass is 294 g/mol. The van der Waals surface area contributed by atoms with Gasteiger partial charge in [-0.1, -0.05) is 36.4 Å². The van der Waals surface area contributed by atoms with Crippen molar-refractivity contribution in [2.75, 3.05) is 11.9 Å². The fourth-order valence-electron chi connectivity index (χ4n) is 2.52. The Morgan fingerprint density at radius 2 is 1.86 bits per heavy atom. The number of benzene rings is 2. The summed E-state index contributed by atoms with van der Waals surface area (Å²) in [6.45, 7) is 2.17. The molecule has 0 spiro atoms. The number of ether oxygens (including phenoxy) is 1. The van der Waals surface area contributed by atoms with E-state index < -0.39 is 6.04 Å². The molecule has 1 unspecified atom stereocenters. The summed E-state index contributed by atoms with van der Waals surface area (Å²) in [5.41, 5.74) is 2.77. The molecule has 0 aliphatic carbocycles. The molecule has 3 aromatic rings. The second-order valence-electron chi connectivity index (χ2n) is 4.99. The van der Waals surface area contributed by atoms with Gasteiger partial charge in [-0.05, 0) is 25.1 Å². The molecule has 112 valence electrons. The summed E-state index contributed by atoms with van der Waals surface area (Å²) >= 11 is 0. The first kappa shape index (κ1) is 14.2. The lowest BCUT2D eigenvalue weighted by Crippen LogP contribution is -2.23. The highest BCUT2D eigenvalue weighted by Crippen LogP contribution is 2.28. The lowest BCUT2D eigenvalue weighted by atomic mass is 10.1. The van der Waals surface area contributed by atoms with Gasteiger partial charge in [-0.15, -0.1) is 0 Å². The van der Waals surface area contributed by atoms with Gasteiger partial charge in [-0.3, -0.25) is 0 Å². The molecule has 0 saturated carbocycles. The minimum atomic E-state index is -0.543. The van der Waals surface area contributed by atoms with Crippen molar-refractivity contribution in [3.63, 3.8) is 0 Å². The zero-order valence-electron chi connectivity index (χ0n) is 12.4. The van der Waals surface area contributed by atoms with Crippen LogP contribution in [0.1, 0.15) is 18.5 Å². The van der Waals surface area contributed by atoms with Gasteiger partial charge < -0.3 is 15.0 Å². The highest BCUT2D eigenvalue weighted by atomic mass is 16.5. The Kier molecular flexibility index (Phi) is 4.10. The largest absolute Gasteiger partial charge is 0.464 e. The number of hydrogen-bond acceptors (Lipinski definition) is 3. The molecule has 0 bridgehead atoms. The third-order valence-electron chi connectivity index (χ3n) is 3.54. The molecule has 2 N–H and O–H groups in total. The van der Waals surface area contributed by atoms with Gasteiger partial charge in [-0.2, -0.15) is 0 Å². The molecular formula is C18H18N2O2. The van der Waals surface area contributed by atoms with Crippen LogP contribution in [0, 0.1) is 0 Å². The highest BCUT2D eigenvalue weighted by Gasteiger charge is 2.24. The summed E-state index contributed by atoms with van der Waals surface area (Å²) < 4.78 is 5.23. The number of hydrogen-bond donors (Lipinski definition) is 2. The fourth-order valence-corrected chi connectivity index (χ4v) is 2.52. The number of aromatic nitrogens is 1. The molecule has 2 aromatic carbocycles. The summed E-state index contributed by atoms with van der Waals surface area (Å²) in [7, 11) is 0. The molecule has 22 heavy (non-hydrogen) atoms. The molecule has 4 nitrogen and oxygen atoms in total. The third kappa shape index (κ3) is 2.81. The predicted octanol–water partition coefficient (Wildman–Crippen LogP) is 3.88. The summed E-state index contributed by atoms with van der Waals surface area (Å²) in [5, 5.41) is 4.28. The van der Waals surface area contributed by atoms with Gasteiger partial charge >= 0.3 is 5.97 Å². The van der Waals surface area contributed by atoms with Gasteiger partial charge in [0.15, 0.2) is 6.04 Å². The number of carbonyl (C=O) groups excluding carboxylic acids is 1. The molecule has 1 heterocycles. The molecule has 1 aromatic heterocycles. The number of anilines is 1. The number of H-pyrrole nitrogens is 1. The van der Waals surface area contributed by atoms with Crippen LogP contribution in [-0.2, 0) is 9.53 Å². The quantitative estimate of drug-likeness (QED) is 0.702. The van der Waals surface area contributed by atoms with E-state index in [2.05, 4.69) is 10.3 Å². The Labute approximate surface area is 129 Å². The SMILES string of the molecule is CCOC(=O)C(Nc1ccccc1)c1c[nH]c2ccccc12. The van der Waals surface area contributed by atoms with Crippen LogP contribution in [0.25, 0.3) is 10.9 Å². The van der Waals surface area contributed by atoms with Crippen LogP contribution in [-0.4, -0.2) is 17.6 Å². The van der Waals surface area contributed by atoms with Crippen LogP contribution in [0.5, 0.6) is 0 Å². The van der Waals surface area contributed by atoms with E-state index in [1.54, 1.807) is 0 Å². The summed E-state index contributed by atoms with van der Waals surface area (Å²) in [6.07, 6.45) is 1.86. The van der Waals surface area contributed by atoms with E-state index in [9.17, 15) is 4.79 Å². The zero-order chi connectivity index (χ0) is 15.4. The molecule has 0 fully saturated rings. The molecule has 3 rings (SSSR count). The van der Waals surface area contributed by atoms with Crippen LogP contribution in [0.15, 0.2) is 60.8 Å². The Hall–Kier alpha value is -2.75. The maximum absolute atomic E-state index is 12.4. The molecule has 1 atom stereocenters. The Balaban J connectivity index is 1.99. The van der Waals surface area contributed by atoms with Crippen LogP contribution >= 0.6 is 0 Å². The maximum Gasteiger partial charge on any atom is 0.333 e. The van der Waals surface area contributed by atoms with E-state index >= 15 is 0 Å². The lowest BCUT2D eigenvalue weighted by molar-refractivity contribution is -0.144. The van der Waals surface area contributed by atoms with E-state index in [0.29, 0.717) is 6.61 Å². The van der Waals surface area contributed by atoms with Gasteiger partial charge in [-0.25, -0.2) is 4.79 Å². The minimum absolute atomic E-state index is 0.281. The summed E-state index contributed by atoms with van der Waals surface area (Å²) in [4.78, 5) is 15.6. The van der Waals surface area contributed by atoms with Crippen molar-refractivity contribution in [2.45, 2.75) is 13.0 Å². The second kappa shape index (κ2) is 6.35. The Bertz CT molecular complexity index is 765. The van der Waals surface area contributed by atoms with Crippen molar-refractivity contribution in [3.05, 3.63) is 66.4 Å². The summed E-state index contributed by atoms with van der Waals surface area (Å²) in [5.74, 6) is -0.281. The first-order valence-corrected chi connectivity index (χ1v) is 7.34. The van der Waals surface area contributed by atoms with Crippen LogP contribution < -0.4 is 5.32 Å². The zero-order valence-corrected chi connectivity index (χ0v) is 12.4. The van der Waals surface area contributed by atoms with E-state index in [0.717, 1.165) is 22.2 Å². The molecular weight excluding hydrogens is 276 g/mol. The second-order valence-corrected chi connectivity index (χ2v) is 4.99. The highest BCUT2D eigenvalue weighted by molar-refractivity contribution is 5.91. The van der Waals surface area contributed by atoms with Crippen LogP contribution in [0.3, 0.4) is 0 Å². The standard InChI is InChI=1S/C18H18N2O2/c1-2-22-18(21)17(20-13-8-4-3-5-9-13)15-12-19-16-11-7-6-10-14(15)16/h3-12,17,19-20H,2H2,1H3. The number of esters is 1. The van der Waals surface area contributed by atoms with Crippen molar-refractivity contribution in [1.29, 1.82) is 0 Å². The van der Waals surface area contributed by atoms with E-state index in [1.165, 1.54) is 0 Å². The van der Waals surface area contributed by atoms with Crippen molar-refractivity contribution < 1.29 is 9.53 Å². The third-order valence-corrected chi connectivity index (χ3v) is 3.54. The number of fused-ring (bicyclic) bond motifs is 1. The smallest absolute Gasteiger partial charge is 0.333 e. The summed E-state index contributed by atoms with van der Waals surface area (Å²) in [6, 6.07) is 17.0. The number of nitrogens with one attached hydrogen (secondary N) is 2. The molecule has 0 aliphatic heterocycles. The number of aromatic amines is 1. The van der Waals surface area contributed by atoms with Gasteiger partial charge in [0.2, 0.25) is 0 Å². The fraction of sp³-hybridized carbons (Fsp3) is 0.167. The Morgan fingerprint density at radius 1 is 1.14 bits per heavy atom. The number of carbonyl (C=O) groups is 1. The van der Waals surface area contributed by atoms with Crippen molar-refractivity contribution in [1.82, 2.24) is 4.98 Å². The van der Waals surface area contributed by atoms with Crippen molar-refractivity contribution in [2.24, 2.45) is 0 Å². The van der Waals surface area contributed by atoms with Gasteiger partial charge in [0.05, 0.1) is 6.61 Å². The van der Waals surface area contributed by atoms with Crippen LogP contribution in [0.4, 0.5) is 5.69 Å². The average molecular weight is 294 g/mol. The molecule has 0 amide bonds. The average Bonchev–Trinajstić information content (AvgIpc) is 2.97.